The van der Waals surface area contributed by atoms with Crippen LogP contribution >= 0.6 is 11.6 Å². The number of hydrogen-bond acceptors (Lipinski definition) is 3. The Morgan fingerprint density at radius 3 is 2.60 bits per heavy atom. The van der Waals surface area contributed by atoms with E-state index in [0.29, 0.717) is 17.6 Å². The maximum Gasteiger partial charge on any atom is 0.121 e. The average Bonchev–Trinajstić information content (AvgIpc) is 2.43. The SMILES string of the molecule is CCN(CC)CCCC(C)NCc1c(O)cccc1Cl. The summed E-state index contributed by atoms with van der Waals surface area (Å²) in [6, 6.07) is 5.66. The first-order valence-corrected chi connectivity index (χ1v) is 7.88. The summed E-state index contributed by atoms with van der Waals surface area (Å²) in [5, 5.41) is 13.8. The van der Waals surface area contributed by atoms with E-state index in [2.05, 4.69) is 31.0 Å². The van der Waals surface area contributed by atoms with Gasteiger partial charge >= 0.3 is 0 Å². The van der Waals surface area contributed by atoms with Crippen LogP contribution in [0.15, 0.2) is 18.2 Å². The summed E-state index contributed by atoms with van der Waals surface area (Å²) in [4.78, 5) is 2.44. The normalized spacial score (nSPS) is 12.8. The highest BCUT2D eigenvalue weighted by atomic mass is 35.5. The van der Waals surface area contributed by atoms with Crippen molar-refractivity contribution < 1.29 is 5.11 Å². The Morgan fingerprint density at radius 2 is 2.00 bits per heavy atom. The molecule has 0 radical (unpaired) electrons. The first kappa shape index (κ1) is 17.3. The molecular formula is C16H27ClN2O. The summed E-state index contributed by atoms with van der Waals surface area (Å²) in [6.07, 6.45) is 2.31. The summed E-state index contributed by atoms with van der Waals surface area (Å²) in [7, 11) is 0. The molecule has 0 aromatic heterocycles. The molecule has 114 valence electrons. The zero-order chi connectivity index (χ0) is 15.0. The van der Waals surface area contributed by atoms with Gasteiger partial charge in [-0.25, -0.2) is 0 Å². The Kier molecular flexibility index (Phi) is 7.97. The van der Waals surface area contributed by atoms with E-state index in [1.165, 1.54) is 6.42 Å². The maximum atomic E-state index is 9.79. The van der Waals surface area contributed by atoms with E-state index in [0.717, 1.165) is 31.6 Å². The lowest BCUT2D eigenvalue weighted by atomic mass is 10.1. The lowest BCUT2D eigenvalue weighted by Crippen LogP contribution is -2.28. The van der Waals surface area contributed by atoms with Gasteiger partial charge in [0.15, 0.2) is 0 Å². The second kappa shape index (κ2) is 9.22. The number of benzene rings is 1. The van der Waals surface area contributed by atoms with Gasteiger partial charge in [0.25, 0.3) is 0 Å². The van der Waals surface area contributed by atoms with Crippen molar-refractivity contribution in [2.75, 3.05) is 19.6 Å². The van der Waals surface area contributed by atoms with Crippen LogP contribution in [-0.2, 0) is 6.54 Å². The van der Waals surface area contributed by atoms with E-state index in [1.807, 2.05) is 6.07 Å². The van der Waals surface area contributed by atoms with Gasteiger partial charge in [-0.3, -0.25) is 0 Å². The molecule has 20 heavy (non-hydrogen) atoms. The summed E-state index contributed by atoms with van der Waals surface area (Å²) in [5.74, 6) is 0.264. The summed E-state index contributed by atoms with van der Waals surface area (Å²) in [5.41, 5.74) is 0.782. The topological polar surface area (TPSA) is 35.5 Å². The molecule has 0 bridgehead atoms. The molecule has 0 saturated heterocycles. The fourth-order valence-electron chi connectivity index (χ4n) is 2.26. The minimum atomic E-state index is 0.264. The van der Waals surface area contributed by atoms with Crippen LogP contribution in [0.4, 0.5) is 0 Å². The molecule has 3 nitrogen and oxygen atoms in total. The molecule has 1 atom stereocenters. The van der Waals surface area contributed by atoms with Crippen LogP contribution in [-0.4, -0.2) is 35.7 Å². The molecule has 0 heterocycles. The molecule has 0 fully saturated rings. The largest absolute Gasteiger partial charge is 0.508 e. The van der Waals surface area contributed by atoms with Gasteiger partial charge in [0, 0.05) is 23.2 Å². The predicted molar refractivity (Wildman–Crippen MR) is 86.4 cm³/mol. The van der Waals surface area contributed by atoms with Crippen LogP contribution in [0.1, 0.15) is 39.2 Å². The Hall–Kier alpha value is -0.770. The van der Waals surface area contributed by atoms with Crippen LogP contribution in [0.5, 0.6) is 5.75 Å². The molecule has 2 N–H and O–H groups in total. The molecule has 1 rings (SSSR count). The molecule has 4 heteroatoms. The molecule has 0 aliphatic carbocycles. The number of halogens is 1. The minimum absolute atomic E-state index is 0.264. The fraction of sp³-hybridized carbons (Fsp3) is 0.625. The summed E-state index contributed by atoms with van der Waals surface area (Å²) >= 11 is 6.09. The highest BCUT2D eigenvalue weighted by molar-refractivity contribution is 6.31. The Morgan fingerprint density at radius 1 is 1.30 bits per heavy atom. The van der Waals surface area contributed by atoms with Crippen LogP contribution in [0.3, 0.4) is 0 Å². The number of phenols is 1. The molecule has 1 aromatic carbocycles. The van der Waals surface area contributed by atoms with E-state index < -0.39 is 0 Å². The zero-order valence-electron chi connectivity index (χ0n) is 12.8. The van der Waals surface area contributed by atoms with E-state index >= 15 is 0 Å². The van der Waals surface area contributed by atoms with Gasteiger partial charge in [-0.2, -0.15) is 0 Å². The number of nitrogens with zero attached hydrogens (tertiary/aromatic N) is 1. The van der Waals surface area contributed by atoms with E-state index in [9.17, 15) is 5.11 Å². The molecule has 1 aromatic rings. The van der Waals surface area contributed by atoms with Gasteiger partial charge in [0.05, 0.1) is 0 Å². The van der Waals surface area contributed by atoms with Gasteiger partial charge in [-0.15, -0.1) is 0 Å². The van der Waals surface area contributed by atoms with Crippen molar-refractivity contribution in [3.8, 4) is 5.75 Å². The monoisotopic (exact) mass is 298 g/mol. The summed E-state index contributed by atoms with van der Waals surface area (Å²) in [6.45, 7) is 10.6. The lowest BCUT2D eigenvalue weighted by molar-refractivity contribution is 0.290. The predicted octanol–water partition coefficient (Wildman–Crippen LogP) is 3.65. The van der Waals surface area contributed by atoms with Gasteiger partial charge in [0.1, 0.15) is 5.75 Å². The van der Waals surface area contributed by atoms with E-state index in [4.69, 9.17) is 11.6 Å². The third-order valence-corrected chi connectivity index (χ3v) is 4.08. The second-order valence-electron chi connectivity index (χ2n) is 5.19. The number of phenolic OH excluding ortho intramolecular Hbond substituents is 1. The Labute approximate surface area is 127 Å². The van der Waals surface area contributed by atoms with Crippen molar-refractivity contribution in [1.82, 2.24) is 10.2 Å². The van der Waals surface area contributed by atoms with Gasteiger partial charge in [-0.1, -0.05) is 31.5 Å². The second-order valence-corrected chi connectivity index (χ2v) is 5.60. The molecule has 0 aliphatic heterocycles. The quantitative estimate of drug-likeness (QED) is 0.730. The van der Waals surface area contributed by atoms with Gasteiger partial charge in [-0.05, 0) is 51.5 Å². The molecular weight excluding hydrogens is 272 g/mol. The molecule has 0 spiro atoms. The summed E-state index contributed by atoms with van der Waals surface area (Å²) < 4.78 is 0. The Balaban J connectivity index is 2.31. The number of nitrogens with one attached hydrogen (secondary N) is 1. The Bertz CT molecular complexity index is 374. The first-order valence-electron chi connectivity index (χ1n) is 7.50. The first-order chi connectivity index (χ1) is 9.58. The van der Waals surface area contributed by atoms with Crippen LogP contribution in [0, 0.1) is 0 Å². The standard InChI is InChI=1S/C16H27ClN2O/c1-4-19(5-2)11-7-8-13(3)18-12-14-15(17)9-6-10-16(14)20/h6,9-10,13,18,20H,4-5,7-8,11-12H2,1-3H3. The highest BCUT2D eigenvalue weighted by Gasteiger charge is 2.08. The minimum Gasteiger partial charge on any atom is -0.508 e. The van der Waals surface area contributed by atoms with Crippen LogP contribution in [0.2, 0.25) is 5.02 Å². The third kappa shape index (κ3) is 5.70. The average molecular weight is 299 g/mol. The van der Waals surface area contributed by atoms with E-state index in [1.54, 1.807) is 12.1 Å². The van der Waals surface area contributed by atoms with Crippen molar-refractivity contribution in [3.63, 3.8) is 0 Å². The smallest absolute Gasteiger partial charge is 0.121 e. The molecule has 1 unspecified atom stereocenters. The highest BCUT2D eigenvalue weighted by Crippen LogP contribution is 2.24. The lowest BCUT2D eigenvalue weighted by Gasteiger charge is -2.20. The van der Waals surface area contributed by atoms with Crippen LogP contribution < -0.4 is 5.32 Å². The molecule has 0 amide bonds. The van der Waals surface area contributed by atoms with Crippen LogP contribution in [0.25, 0.3) is 0 Å². The number of aromatic hydroxyl groups is 1. The van der Waals surface area contributed by atoms with Crippen molar-refractivity contribution in [1.29, 1.82) is 0 Å². The fourth-order valence-corrected chi connectivity index (χ4v) is 2.50. The molecule has 0 aliphatic rings. The third-order valence-electron chi connectivity index (χ3n) is 3.73. The number of hydrogen-bond donors (Lipinski definition) is 2. The number of rotatable bonds is 9. The van der Waals surface area contributed by atoms with Crippen molar-refractivity contribution in [2.45, 2.75) is 46.2 Å². The molecule has 0 saturated carbocycles. The van der Waals surface area contributed by atoms with Gasteiger partial charge < -0.3 is 15.3 Å². The maximum absolute atomic E-state index is 9.79. The van der Waals surface area contributed by atoms with E-state index in [-0.39, 0.29) is 5.75 Å². The van der Waals surface area contributed by atoms with Crippen molar-refractivity contribution >= 4 is 11.6 Å². The van der Waals surface area contributed by atoms with Crippen molar-refractivity contribution in [3.05, 3.63) is 28.8 Å². The zero-order valence-corrected chi connectivity index (χ0v) is 13.6. The van der Waals surface area contributed by atoms with Gasteiger partial charge in [0.2, 0.25) is 0 Å². The van der Waals surface area contributed by atoms with Crippen molar-refractivity contribution in [2.24, 2.45) is 0 Å².